The van der Waals surface area contributed by atoms with Crippen LogP contribution in [0.25, 0.3) is 21.5 Å². The van der Waals surface area contributed by atoms with Crippen molar-refractivity contribution in [3.8, 4) is 16.2 Å². The average molecular weight is 1020 g/mol. The normalized spacial score (nSPS) is 19.2. The van der Waals surface area contributed by atoms with Gasteiger partial charge in [-0.05, 0) is 126 Å². The first-order valence-corrected chi connectivity index (χ1v) is 25.8. The number of hydrogen-bond donors (Lipinski definition) is 5. The van der Waals surface area contributed by atoms with Crippen molar-refractivity contribution < 1.29 is 47.3 Å². The highest BCUT2D eigenvalue weighted by Gasteiger charge is 2.42. The minimum absolute atomic E-state index is 0.00372. The molecule has 5 aromatic rings. The van der Waals surface area contributed by atoms with Gasteiger partial charge in [-0.25, -0.2) is 27.6 Å². The number of aromatic nitrogens is 2. The third-order valence-corrected chi connectivity index (χ3v) is 16.9. The third-order valence-electron chi connectivity index (χ3n) is 13.1. The van der Waals surface area contributed by atoms with E-state index in [1.807, 2.05) is 58.9 Å². The molecule has 5 heterocycles. The largest absolute Gasteiger partial charge is 0.479 e. The summed E-state index contributed by atoms with van der Waals surface area (Å²) in [5.74, 6) is -3.78. The lowest BCUT2D eigenvalue weighted by Crippen LogP contribution is -2.55. The molecular weight excluding hydrogens is 962 g/mol. The van der Waals surface area contributed by atoms with E-state index in [-0.39, 0.29) is 70.4 Å². The molecule has 0 spiro atoms. The van der Waals surface area contributed by atoms with E-state index in [1.165, 1.54) is 8.87 Å². The molecule has 8 rings (SSSR count). The summed E-state index contributed by atoms with van der Waals surface area (Å²) in [6, 6.07) is 18.7. The molecule has 3 aromatic carbocycles. The number of benzene rings is 3. The Hall–Kier alpha value is -6.22. The minimum Gasteiger partial charge on any atom is -0.479 e. The molecule has 3 saturated heterocycles. The molecule has 372 valence electrons. The maximum Gasteiger partial charge on any atom is 0.349 e. The molecule has 2 atom stereocenters. The van der Waals surface area contributed by atoms with Gasteiger partial charge < -0.3 is 30.5 Å². The van der Waals surface area contributed by atoms with E-state index in [2.05, 4.69) is 16.0 Å². The standard InChI is InChI=1S/C49H56ClN7O11S2/c1-48(2,3)57-37-24-30(12-13-35(37)56(47(57)65)36-14-15-38(58)53-44(36)61)29-16-19-54(20-17-29)46(64)52-32-10-6-8-28(22-32)27-70(66,67)55-21-18-34(25-49(55,4)5)51-33-11-7-9-31(23-33)42-40(50)41(68-26-39(59)60)43(69-42)45(62)63/h6-13,22-24,29,34,36,51H,14-21,25-27H2,1-5H3,(H,52,64)(H,59,60)(H,62,63)(H,53,58,61)/t34-,36?/m0/s1. The Labute approximate surface area is 413 Å². The van der Waals surface area contributed by atoms with Crippen LogP contribution in [0.1, 0.15) is 106 Å². The van der Waals surface area contributed by atoms with Crippen LogP contribution in [0.15, 0.2) is 71.5 Å². The Morgan fingerprint density at radius 3 is 2.30 bits per heavy atom. The number of piperidine rings is 3. The number of nitrogens with zero attached hydrogens (tertiary/aromatic N) is 4. The number of ether oxygens (including phenoxy) is 1. The van der Waals surface area contributed by atoms with E-state index in [0.717, 1.165) is 16.9 Å². The van der Waals surface area contributed by atoms with Gasteiger partial charge in [0, 0.05) is 54.5 Å². The highest BCUT2D eigenvalue weighted by Crippen LogP contribution is 2.46. The van der Waals surface area contributed by atoms with Crippen LogP contribution in [-0.2, 0) is 35.7 Å². The Morgan fingerprint density at radius 1 is 0.914 bits per heavy atom. The smallest absolute Gasteiger partial charge is 0.349 e. The number of rotatable bonds is 13. The van der Waals surface area contributed by atoms with Crippen molar-refractivity contribution >= 4 is 85.2 Å². The van der Waals surface area contributed by atoms with Gasteiger partial charge in [0.15, 0.2) is 17.2 Å². The Bertz CT molecular complexity index is 3080. The van der Waals surface area contributed by atoms with E-state index < -0.39 is 51.6 Å². The number of thiophene rings is 1. The van der Waals surface area contributed by atoms with Crippen LogP contribution < -0.4 is 26.4 Å². The van der Waals surface area contributed by atoms with Crippen molar-refractivity contribution in [1.29, 1.82) is 0 Å². The highest BCUT2D eigenvalue weighted by molar-refractivity contribution is 7.88. The number of imidazole rings is 1. The SMILES string of the molecule is CC1(C)C[C@@H](Nc2cccc(-c3sc(C(=O)O)c(OCC(=O)O)c3Cl)c2)CCN1S(=O)(=O)Cc1cccc(NC(=O)N2CCC(c3ccc4c(c3)n(C(C)(C)C)c(=O)n4C3CCC(=O)NC3=O)CC2)c1. The van der Waals surface area contributed by atoms with Gasteiger partial charge in [0.2, 0.25) is 21.8 Å². The zero-order valence-corrected chi connectivity index (χ0v) is 41.8. The van der Waals surface area contributed by atoms with Gasteiger partial charge in [-0.2, -0.15) is 4.31 Å². The summed E-state index contributed by atoms with van der Waals surface area (Å²) in [6.07, 6.45) is 2.72. The zero-order chi connectivity index (χ0) is 50.4. The lowest BCUT2D eigenvalue weighted by molar-refractivity contribution is -0.139. The molecule has 0 saturated carbocycles. The number of carbonyl (C=O) groups excluding carboxylic acids is 3. The molecule has 0 aliphatic carbocycles. The summed E-state index contributed by atoms with van der Waals surface area (Å²) in [4.78, 5) is 77.2. The molecule has 3 aliphatic heterocycles. The molecule has 18 nitrogen and oxygen atoms in total. The number of nitrogens with one attached hydrogen (secondary N) is 3. The van der Waals surface area contributed by atoms with Crippen LogP contribution in [0.2, 0.25) is 5.02 Å². The number of aromatic carboxylic acids is 1. The van der Waals surface area contributed by atoms with E-state index in [4.69, 9.17) is 21.4 Å². The van der Waals surface area contributed by atoms with Gasteiger partial charge in [0.05, 0.1) is 21.7 Å². The summed E-state index contributed by atoms with van der Waals surface area (Å²) in [5, 5.41) is 27.6. The minimum atomic E-state index is -3.82. The van der Waals surface area contributed by atoms with Crippen molar-refractivity contribution in [1.82, 2.24) is 23.7 Å². The molecule has 5 N–H and O–H groups in total. The van der Waals surface area contributed by atoms with Gasteiger partial charge in [-0.1, -0.05) is 41.9 Å². The molecule has 3 aliphatic rings. The summed E-state index contributed by atoms with van der Waals surface area (Å²) < 4.78 is 38.1. The number of sulfonamides is 1. The maximum absolute atomic E-state index is 14.1. The number of urea groups is 1. The number of aliphatic carboxylic acids is 1. The molecule has 70 heavy (non-hydrogen) atoms. The molecule has 21 heteroatoms. The number of fused-ring (bicyclic) bond motifs is 1. The van der Waals surface area contributed by atoms with Crippen LogP contribution >= 0.6 is 22.9 Å². The topological polar surface area (TPSA) is 239 Å². The maximum atomic E-state index is 14.1. The number of carboxylic acids is 2. The van der Waals surface area contributed by atoms with E-state index in [1.54, 1.807) is 51.9 Å². The quantitative estimate of drug-likeness (QED) is 0.0714. The lowest BCUT2D eigenvalue weighted by atomic mass is 9.89. The molecular formula is C49H56ClN7O11S2. The predicted octanol–water partition coefficient (Wildman–Crippen LogP) is 7.68. The van der Waals surface area contributed by atoms with Crippen molar-refractivity contribution in [2.75, 3.05) is 36.9 Å². The number of anilines is 2. The molecule has 1 unspecified atom stereocenters. The Balaban J connectivity index is 0.874. The van der Waals surface area contributed by atoms with Crippen molar-refractivity contribution in [2.24, 2.45) is 0 Å². The number of carbonyl (C=O) groups is 5. The van der Waals surface area contributed by atoms with Crippen LogP contribution in [-0.4, -0.2) is 105 Å². The van der Waals surface area contributed by atoms with Crippen LogP contribution in [0.5, 0.6) is 5.75 Å². The Morgan fingerprint density at radius 2 is 1.63 bits per heavy atom. The second kappa shape index (κ2) is 19.5. The van der Waals surface area contributed by atoms with Gasteiger partial charge in [0.25, 0.3) is 0 Å². The van der Waals surface area contributed by atoms with Crippen molar-refractivity contribution in [2.45, 2.75) is 108 Å². The summed E-state index contributed by atoms with van der Waals surface area (Å²) in [7, 11) is -3.82. The van der Waals surface area contributed by atoms with Crippen LogP contribution in [0, 0.1) is 0 Å². The average Bonchev–Trinajstić information content (AvgIpc) is 3.77. The van der Waals surface area contributed by atoms with Gasteiger partial charge >= 0.3 is 23.7 Å². The van der Waals surface area contributed by atoms with Crippen molar-refractivity contribution in [3.63, 3.8) is 0 Å². The second-order valence-corrected chi connectivity index (χ2v) is 23.0. The predicted molar refractivity (Wildman–Crippen MR) is 267 cm³/mol. The fourth-order valence-corrected chi connectivity index (χ4v) is 13.4. The molecule has 0 bridgehead atoms. The first kappa shape index (κ1) is 50.2. The molecule has 4 amide bonds. The van der Waals surface area contributed by atoms with Crippen LogP contribution in [0.4, 0.5) is 16.2 Å². The fourth-order valence-electron chi connectivity index (χ4n) is 10.0. The van der Waals surface area contributed by atoms with E-state index >= 15 is 0 Å². The van der Waals surface area contributed by atoms with Gasteiger partial charge in [0.1, 0.15) is 11.1 Å². The Kier molecular flexibility index (Phi) is 14.0. The number of carboxylic acid groups (broad SMARTS) is 2. The van der Waals surface area contributed by atoms with Crippen LogP contribution in [0.3, 0.4) is 0 Å². The molecule has 0 radical (unpaired) electrons. The van der Waals surface area contributed by atoms with E-state index in [0.29, 0.717) is 77.2 Å². The number of amides is 4. The monoisotopic (exact) mass is 1020 g/mol. The number of hydrogen-bond acceptors (Lipinski definition) is 11. The number of halogens is 1. The number of imide groups is 1. The first-order valence-electron chi connectivity index (χ1n) is 23.0. The van der Waals surface area contributed by atoms with Gasteiger partial charge in [-0.3, -0.25) is 24.0 Å². The summed E-state index contributed by atoms with van der Waals surface area (Å²) >= 11 is 7.41. The summed E-state index contributed by atoms with van der Waals surface area (Å²) in [6.45, 7) is 10.0. The number of likely N-dealkylation sites (tertiary alicyclic amines) is 1. The fraction of sp³-hybridized carbons (Fsp3) is 0.429. The second-order valence-electron chi connectivity index (χ2n) is 19.7. The molecule has 3 fully saturated rings. The summed E-state index contributed by atoms with van der Waals surface area (Å²) in [5.41, 5.74) is 2.98. The first-order chi connectivity index (χ1) is 33.0. The van der Waals surface area contributed by atoms with E-state index in [9.17, 15) is 42.3 Å². The highest BCUT2D eigenvalue weighted by atomic mass is 35.5. The third kappa shape index (κ3) is 10.5. The van der Waals surface area contributed by atoms with Gasteiger partial charge in [-0.15, -0.1) is 11.3 Å². The lowest BCUT2D eigenvalue weighted by Gasteiger charge is -2.45. The zero-order valence-electron chi connectivity index (χ0n) is 39.4. The van der Waals surface area contributed by atoms with Crippen molar-refractivity contribution in [3.05, 3.63) is 98.2 Å². The molecule has 2 aromatic heterocycles.